The van der Waals surface area contributed by atoms with Gasteiger partial charge in [-0.05, 0) is 24.6 Å². The molecule has 1 aromatic rings. The van der Waals surface area contributed by atoms with Crippen LogP contribution in [0.5, 0.6) is 5.75 Å². The summed E-state index contributed by atoms with van der Waals surface area (Å²) in [5.41, 5.74) is 1.08. The molecule has 0 N–H and O–H groups in total. The molecule has 1 unspecified atom stereocenters. The summed E-state index contributed by atoms with van der Waals surface area (Å²) in [5.74, 6) is 0.819. The number of cyclic esters (lactones) is 1. The largest absolute Gasteiger partial charge is 0.497 e. The molecule has 1 amide bonds. The van der Waals surface area contributed by atoms with Gasteiger partial charge < -0.3 is 9.47 Å². The second-order valence-electron chi connectivity index (χ2n) is 3.76. The third-order valence-corrected chi connectivity index (χ3v) is 2.86. The number of amides is 1. The molecule has 0 bridgehead atoms. The molecule has 0 aromatic heterocycles. The highest BCUT2D eigenvalue weighted by Gasteiger charge is 2.27. The van der Waals surface area contributed by atoms with Crippen molar-refractivity contribution in [3.8, 4) is 5.75 Å². The van der Waals surface area contributed by atoms with E-state index >= 15 is 0 Å². The highest BCUT2D eigenvalue weighted by molar-refractivity contribution is 5.70. The minimum absolute atomic E-state index is 0.0425. The maximum atomic E-state index is 11.4. The van der Waals surface area contributed by atoms with Crippen LogP contribution in [-0.4, -0.2) is 31.3 Å². The van der Waals surface area contributed by atoms with Crippen molar-refractivity contribution in [2.45, 2.75) is 13.0 Å². The van der Waals surface area contributed by atoms with Crippen molar-refractivity contribution in [2.75, 3.05) is 20.3 Å². The third kappa shape index (κ3) is 1.96. The van der Waals surface area contributed by atoms with Crippen LogP contribution in [0.15, 0.2) is 24.3 Å². The number of methoxy groups -OCH3 is 1. The molecule has 1 aromatic carbocycles. The molecule has 0 radical (unpaired) electrons. The van der Waals surface area contributed by atoms with Gasteiger partial charge in [-0.3, -0.25) is 4.90 Å². The van der Waals surface area contributed by atoms with Gasteiger partial charge in [-0.15, -0.1) is 0 Å². The molecule has 0 spiro atoms. The molecule has 2 rings (SSSR count). The van der Waals surface area contributed by atoms with Gasteiger partial charge in [0.15, 0.2) is 0 Å². The van der Waals surface area contributed by atoms with E-state index in [-0.39, 0.29) is 12.1 Å². The lowest BCUT2D eigenvalue weighted by atomic mass is 10.1. The first-order valence-corrected chi connectivity index (χ1v) is 5.29. The van der Waals surface area contributed by atoms with Crippen molar-refractivity contribution in [2.24, 2.45) is 0 Å². The SMILES string of the molecule is COc1ccc(C(C)N2CCOC2=O)cc1. The van der Waals surface area contributed by atoms with Gasteiger partial charge in [-0.2, -0.15) is 0 Å². The average Bonchev–Trinajstić information content (AvgIpc) is 2.75. The van der Waals surface area contributed by atoms with E-state index in [1.165, 1.54) is 0 Å². The summed E-state index contributed by atoms with van der Waals surface area (Å²) in [6, 6.07) is 7.77. The second kappa shape index (κ2) is 4.43. The van der Waals surface area contributed by atoms with E-state index in [0.29, 0.717) is 13.2 Å². The molecule has 1 aliphatic heterocycles. The summed E-state index contributed by atoms with van der Waals surface area (Å²) in [7, 11) is 1.64. The molecular weight excluding hydrogens is 206 g/mol. The Morgan fingerprint density at radius 1 is 1.38 bits per heavy atom. The van der Waals surface area contributed by atoms with Crippen molar-refractivity contribution in [1.29, 1.82) is 0 Å². The zero-order valence-corrected chi connectivity index (χ0v) is 9.47. The fourth-order valence-electron chi connectivity index (χ4n) is 1.82. The van der Waals surface area contributed by atoms with E-state index in [0.717, 1.165) is 11.3 Å². The quantitative estimate of drug-likeness (QED) is 0.785. The molecule has 1 heterocycles. The predicted molar refractivity (Wildman–Crippen MR) is 59.5 cm³/mol. The third-order valence-electron chi connectivity index (χ3n) is 2.86. The van der Waals surface area contributed by atoms with Gasteiger partial charge in [0.25, 0.3) is 0 Å². The predicted octanol–water partition coefficient (Wildman–Crippen LogP) is 2.21. The van der Waals surface area contributed by atoms with E-state index in [1.54, 1.807) is 12.0 Å². The van der Waals surface area contributed by atoms with Crippen LogP contribution >= 0.6 is 0 Å². The molecule has 4 nitrogen and oxygen atoms in total. The molecule has 1 fully saturated rings. The summed E-state index contributed by atoms with van der Waals surface area (Å²) in [5, 5.41) is 0. The molecule has 1 atom stereocenters. The summed E-state index contributed by atoms with van der Waals surface area (Å²) in [4.78, 5) is 13.1. The van der Waals surface area contributed by atoms with E-state index in [1.807, 2.05) is 31.2 Å². The maximum absolute atomic E-state index is 11.4. The van der Waals surface area contributed by atoms with E-state index in [2.05, 4.69) is 0 Å². The Hall–Kier alpha value is -1.71. The van der Waals surface area contributed by atoms with Crippen LogP contribution in [0.25, 0.3) is 0 Å². The summed E-state index contributed by atoms with van der Waals surface area (Å²) in [6.45, 7) is 3.14. The van der Waals surface area contributed by atoms with Crippen LogP contribution < -0.4 is 4.74 Å². The van der Waals surface area contributed by atoms with Crippen LogP contribution in [0.1, 0.15) is 18.5 Å². The summed E-state index contributed by atoms with van der Waals surface area (Å²) < 4.78 is 10.0. The van der Waals surface area contributed by atoms with Gasteiger partial charge in [0.2, 0.25) is 0 Å². The lowest BCUT2D eigenvalue weighted by molar-refractivity contribution is 0.150. The first kappa shape index (κ1) is 10.8. The van der Waals surface area contributed by atoms with Gasteiger partial charge in [0.1, 0.15) is 12.4 Å². The Balaban J connectivity index is 2.13. The number of hydrogen-bond acceptors (Lipinski definition) is 3. The van der Waals surface area contributed by atoms with Crippen LogP contribution in [0.2, 0.25) is 0 Å². The number of benzene rings is 1. The lowest BCUT2D eigenvalue weighted by Crippen LogP contribution is -2.27. The van der Waals surface area contributed by atoms with Crippen molar-refractivity contribution in [3.05, 3.63) is 29.8 Å². The Labute approximate surface area is 94.8 Å². The Kier molecular flexibility index (Phi) is 2.99. The van der Waals surface area contributed by atoms with Crippen LogP contribution in [-0.2, 0) is 4.74 Å². The van der Waals surface area contributed by atoms with Crippen molar-refractivity contribution in [3.63, 3.8) is 0 Å². The zero-order valence-electron chi connectivity index (χ0n) is 9.47. The van der Waals surface area contributed by atoms with Gasteiger partial charge in [0, 0.05) is 0 Å². The minimum Gasteiger partial charge on any atom is -0.497 e. The van der Waals surface area contributed by atoms with Crippen LogP contribution in [0, 0.1) is 0 Å². The zero-order chi connectivity index (χ0) is 11.5. The minimum atomic E-state index is -0.233. The van der Waals surface area contributed by atoms with Crippen LogP contribution in [0.4, 0.5) is 4.79 Å². The number of nitrogens with zero attached hydrogens (tertiary/aromatic N) is 1. The highest BCUT2D eigenvalue weighted by atomic mass is 16.6. The van der Waals surface area contributed by atoms with E-state index in [4.69, 9.17) is 9.47 Å². The first-order chi connectivity index (χ1) is 7.72. The number of hydrogen-bond donors (Lipinski definition) is 0. The lowest BCUT2D eigenvalue weighted by Gasteiger charge is -2.22. The van der Waals surface area contributed by atoms with Gasteiger partial charge in [-0.1, -0.05) is 12.1 Å². The van der Waals surface area contributed by atoms with Crippen LogP contribution in [0.3, 0.4) is 0 Å². The molecule has 16 heavy (non-hydrogen) atoms. The molecule has 86 valence electrons. The van der Waals surface area contributed by atoms with E-state index in [9.17, 15) is 4.79 Å². The Morgan fingerprint density at radius 3 is 2.56 bits per heavy atom. The molecule has 1 saturated heterocycles. The van der Waals surface area contributed by atoms with E-state index < -0.39 is 0 Å². The number of ether oxygens (including phenoxy) is 2. The van der Waals surface area contributed by atoms with Crippen molar-refractivity contribution in [1.82, 2.24) is 4.90 Å². The molecule has 4 heteroatoms. The molecule has 0 saturated carbocycles. The standard InChI is InChI=1S/C12H15NO3/c1-9(13-7-8-16-12(13)14)10-3-5-11(15-2)6-4-10/h3-6,9H,7-8H2,1-2H3. The van der Waals surface area contributed by atoms with Crippen molar-refractivity contribution >= 4 is 6.09 Å². The van der Waals surface area contributed by atoms with Crippen molar-refractivity contribution < 1.29 is 14.3 Å². The fourth-order valence-corrected chi connectivity index (χ4v) is 1.82. The number of carbonyl (C=O) groups excluding carboxylic acids is 1. The average molecular weight is 221 g/mol. The normalized spacial score (nSPS) is 17.1. The summed E-state index contributed by atoms with van der Waals surface area (Å²) >= 11 is 0. The van der Waals surface area contributed by atoms with Gasteiger partial charge in [-0.25, -0.2) is 4.79 Å². The monoisotopic (exact) mass is 221 g/mol. The second-order valence-corrected chi connectivity index (χ2v) is 3.76. The topological polar surface area (TPSA) is 38.8 Å². The Morgan fingerprint density at radius 2 is 2.06 bits per heavy atom. The molecular formula is C12H15NO3. The summed E-state index contributed by atoms with van der Waals surface area (Å²) in [6.07, 6.45) is -0.233. The first-order valence-electron chi connectivity index (χ1n) is 5.29. The fraction of sp³-hybridized carbons (Fsp3) is 0.417. The molecule has 1 aliphatic rings. The van der Waals surface area contributed by atoms with Gasteiger partial charge in [0.05, 0.1) is 19.7 Å². The smallest absolute Gasteiger partial charge is 0.410 e. The number of rotatable bonds is 3. The van der Waals surface area contributed by atoms with Gasteiger partial charge >= 0.3 is 6.09 Å². The maximum Gasteiger partial charge on any atom is 0.410 e. The Bertz CT molecular complexity index is 374. The number of carbonyl (C=O) groups is 1. The highest BCUT2D eigenvalue weighted by Crippen LogP contribution is 2.24. The molecule has 0 aliphatic carbocycles.